The van der Waals surface area contributed by atoms with Gasteiger partial charge in [0.25, 0.3) is 0 Å². The van der Waals surface area contributed by atoms with E-state index < -0.39 is 5.60 Å². The molecule has 3 heteroatoms. The Hall–Kier alpha value is -1.61. The number of H-pyrrole nitrogens is 1. The fourth-order valence-corrected chi connectivity index (χ4v) is 1.41. The number of aliphatic hydroxyl groups is 1. The third kappa shape index (κ3) is 1.32. The van der Waals surface area contributed by atoms with Gasteiger partial charge in [0.1, 0.15) is 0 Å². The van der Waals surface area contributed by atoms with Gasteiger partial charge in [0.05, 0.1) is 5.69 Å². The van der Waals surface area contributed by atoms with Gasteiger partial charge in [-0.3, -0.25) is 4.79 Å². The number of carbonyl (C=O) groups is 1. The highest BCUT2D eigenvalue weighted by molar-refractivity contribution is 5.82. The molecule has 2 rings (SSSR count). The molecule has 0 aliphatic heterocycles. The second-order valence-corrected chi connectivity index (χ2v) is 3.54. The van der Waals surface area contributed by atoms with E-state index in [1.165, 1.54) is 6.92 Å². The molecule has 0 amide bonds. The molecule has 2 N–H and O–H groups in total. The van der Waals surface area contributed by atoms with Gasteiger partial charge in [0.15, 0.2) is 11.9 Å². The Balaban J connectivity index is 2.60. The van der Waals surface area contributed by atoms with Crippen molar-refractivity contribution in [1.29, 1.82) is 0 Å². The average molecular weight is 189 g/mol. The predicted octanol–water partition coefficient (Wildman–Crippen LogP) is 1.57. The fourth-order valence-electron chi connectivity index (χ4n) is 1.41. The number of aromatic nitrogens is 1. The first-order valence-corrected chi connectivity index (χ1v) is 4.40. The molecule has 0 fully saturated rings. The van der Waals surface area contributed by atoms with E-state index in [2.05, 4.69) is 4.98 Å². The normalized spacial score (nSPS) is 15.3. The van der Waals surface area contributed by atoms with E-state index in [-0.39, 0.29) is 0 Å². The standard InChI is InChI=1S/C11H11NO2/c1-11(14,7-13)10-6-8-4-2-3-5-9(8)12-10/h2-7,12,14H,1H3. The second kappa shape index (κ2) is 2.96. The van der Waals surface area contributed by atoms with Crippen molar-refractivity contribution in [3.63, 3.8) is 0 Å². The van der Waals surface area contributed by atoms with Gasteiger partial charge in [-0.15, -0.1) is 0 Å². The molecule has 1 atom stereocenters. The van der Waals surface area contributed by atoms with Crippen molar-refractivity contribution in [1.82, 2.24) is 4.98 Å². The van der Waals surface area contributed by atoms with Crippen molar-refractivity contribution >= 4 is 17.2 Å². The maximum atomic E-state index is 10.6. The van der Waals surface area contributed by atoms with Crippen LogP contribution in [0.25, 0.3) is 10.9 Å². The predicted molar refractivity (Wildman–Crippen MR) is 53.9 cm³/mol. The second-order valence-electron chi connectivity index (χ2n) is 3.54. The minimum absolute atomic E-state index is 0.522. The highest BCUT2D eigenvalue weighted by Gasteiger charge is 2.23. The molecule has 0 bridgehead atoms. The number of fused-ring (bicyclic) bond motifs is 1. The molecule has 0 radical (unpaired) electrons. The van der Waals surface area contributed by atoms with Crippen LogP contribution in [-0.4, -0.2) is 16.4 Å². The van der Waals surface area contributed by atoms with Crippen molar-refractivity contribution in [3.8, 4) is 0 Å². The first kappa shape index (κ1) is 8.97. The van der Waals surface area contributed by atoms with E-state index in [1.54, 1.807) is 6.07 Å². The Morgan fingerprint density at radius 2 is 2.14 bits per heavy atom. The number of aldehydes is 1. The quantitative estimate of drug-likeness (QED) is 0.704. The molecule has 14 heavy (non-hydrogen) atoms. The van der Waals surface area contributed by atoms with Crippen LogP contribution in [0.1, 0.15) is 12.6 Å². The summed E-state index contributed by atoms with van der Waals surface area (Å²) in [7, 11) is 0. The minimum Gasteiger partial charge on any atom is -0.376 e. The lowest BCUT2D eigenvalue weighted by atomic mass is 10.1. The molecule has 1 heterocycles. The van der Waals surface area contributed by atoms with E-state index >= 15 is 0 Å². The molecule has 1 aromatic carbocycles. The fraction of sp³-hybridized carbons (Fsp3) is 0.182. The molecule has 72 valence electrons. The van der Waals surface area contributed by atoms with Crippen LogP contribution in [-0.2, 0) is 10.4 Å². The molecule has 0 saturated heterocycles. The lowest BCUT2D eigenvalue weighted by Crippen LogP contribution is -2.22. The number of rotatable bonds is 2. The Labute approximate surface area is 81.4 Å². The van der Waals surface area contributed by atoms with Gasteiger partial charge in [0.2, 0.25) is 0 Å². The third-order valence-electron chi connectivity index (χ3n) is 2.30. The summed E-state index contributed by atoms with van der Waals surface area (Å²) in [6.45, 7) is 1.46. The highest BCUT2D eigenvalue weighted by Crippen LogP contribution is 2.22. The first-order chi connectivity index (χ1) is 6.63. The topological polar surface area (TPSA) is 53.1 Å². The Morgan fingerprint density at radius 1 is 1.43 bits per heavy atom. The van der Waals surface area contributed by atoms with Crippen LogP contribution in [0.2, 0.25) is 0 Å². The van der Waals surface area contributed by atoms with E-state index in [9.17, 15) is 9.90 Å². The summed E-state index contributed by atoms with van der Waals surface area (Å²) in [4.78, 5) is 13.6. The van der Waals surface area contributed by atoms with Gasteiger partial charge in [0, 0.05) is 5.52 Å². The number of para-hydroxylation sites is 1. The van der Waals surface area contributed by atoms with Gasteiger partial charge in [-0.05, 0) is 24.4 Å². The minimum atomic E-state index is -1.43. The Morgan fingerprint density at radius 3 is 2.79 bits per heavy atom. The Bertz CT molecular complexity index is 438. The summed E-state index contributed by atoms with van der Waals surface area (Å²) in [6, 6.07) is 9.42. The van der Waals surface area contributed by atoms with Gasteiger partial charge in [-0.1, -0.05) is 18.2 Å². The number of carbonyl (C=O) groups excluding carboxylic acids is 1. The monoisotopic (exact) mass is 189 g/mol. The van der Waals surface area contributed by atoms with Crippen molar-refractivity contribution in [2.75, 3.05) is 0 Å². The van der Waals surface area contributed by atoms with Crippen LogP contribution < -0.4 is 0 Å². The van der Waals surface area contributed by atoms with Gasteiger partial charge in [-0.2, -0.15) is 0 Å². The first-order valence-electron chi connectivity index (χ1n) is 4.40. The van der Waals surface area contributed by atoms with Gasteiger partial charge in [-0.25, -0.2) is 0 Å². The molecular formula is C11H11NO2. The maximum absolute atomic E-state index is 10.6. The zero-order valence-electron chi connectivity index (χ0n) is 7.82. The molecule has 1 aromatic heterocycles. The number of hydrogen-bond donors (Lipinski definition) is 2. The van der Waals surface area contributed by atoms with Crippen LogP contribution in [0.15, 0.2) is 30.3 Å². The summed E-state index contributed by atoms with van der Waals surface area (Å²) < 4.78 is 0. The van der Waals surface area contributed by atoms with Crippen molar-refractivity contribution in [2.24, 2.45) is 0 Å². The lowest BCUT2D eigenvalue weighted by molar-refractivity contribution is -0.123. The third-order valence-corrected chi connectivity index (χ3v) is 2.30. The largest absolute Gasteiger partial charge is 0.376 e. The molecule has 1 unspecified atom stereocenters. The maximum Gasteiger partial charge on any atom is 0.157 e. The summed E-state index contributed by atoms with van der Waals surface area (Å²) in [5.74, 6) is 0. The average Bonchev–Trinajstić information content (AvgIpc) is 2.61. The van der Waals surface area contributed by atoms with Gasteiger partial charge >= 0.3 is 0 Å². The van der Waals surface area contributed by atoms with E-state index in [0.29, 0.717) is 12.0 Å². The number of nitrogens with one attached hydrogen (secondary N) is 1. The lowest BCUT2D eigenvalue weighted by Gasteiger charge is -2.12. The molecule has 0 saturated carbocycles. The summed E-state index contributed by atoms with van der Waals surface area (Å²) in [5.41, 5.74) is 0.0114. The number of hydrogen-bond acceptors (Lipinski definition) is 2. The van der Waals surface area contributed by atoms with Crippen LogP contribution in [0, 0.1) is 0 Å². The smallest absolute Gasteiger partial charge is 0.157 e. The summed E-state index contributed by atoms with van der Waals surface area (Å²) >= 11 is 0. The molecular weight excluding hydrogens is 178 g/mol. The van der Waals surface area contributed by atoms with Crippen molar-refractivity contribution in [3.05, 3.63) is 36.0 Å². The SMILES string of the molecule is CC(O)(C=O)c1cc2ccccc2[nH]1. The molecule has 0 aliphatic carbocycles. The molecule has 0 aliphatic rings. The van der Waals surface area contributed by atoms with Gasteiger partial charge < -0.3 is 10.1 Å². The highest BCUT2D eigenvalue weighted by atomic mass is 16.3. The summed E-state index contributed by atoms with van der Waals surface area (Å²) in [6.07, 6.45) is 0.526. The van der Waals surface area contributed by atoms with E-state index in [0.717, 1.165) is 10.9 Å². The van der Waals surface area contributed by atoms with Crippen molar-refractivity contribution in [2.45, 2.75) is 12.5 Å². The molecule has 3 nitrogen and oxygen atoms in total. The van der Waals surface area contributed by atoms with E-state index in [4.69, 9.17) is 0 Å². The molecule has 2 aromatic rings. The van der Waals surface area contributed by atoms with Crippen LogP contribution in [0.4, 0.5) is 0 Å². The zero-order valence-corrected chi connectivity index (χ0v) is 7.82. The van der Waals surface area contributed by atoms with Crippen molar-refractivity contribution < 1.29 is 9.90 Å². The van der Waals surface area contributed by atoms with Crippen LogP contribution >= 0.6 is 0 Å². The molecule has 0 spiro atoms. The van der Waals surface area contributed by atoms with Crippen LogP contribution in [0.5, 0.6) is 0 Å². The number of aromatic amines is 1. The Kier molecular flexibility index (Phi) is 1.89. The van der Waals surface area contributed by atoms with E-state index in [1.807, 2.05) is 24.3 Å². The zero-order chi connectivity index (χ0) is 10.2. The summed E-state index contributed by atoms with van der Waals surface area (Å²) in [5, 5.41) is 10.7. The van der Waals surface area contributed by atoms with Crippen LogP contribution in [0.3, 0.4) is 0 Å². The number of benzene rings is 1.